The summed E-state index contributed by atoms with van der Waals surface area (Å²) in [5, 5.41) is 2.99. The van der Waals surface area contributed by atoms with Gasteiger partial charge in [0.2, 0.25) is 6.54 Å². The molecule has 3 nitrogen and oxygen atoms in total. The van der Waals surface area contributed by atoms with Gasteiger partial charge in [0.1, 0.15) is 0 Å². The Morgan fingerprint density at radius 1 is 1.05 bits per heavy atom. The molecule has 1 N–H and O–H groups in total. The Morgan fingerprint density at radius 3 is 2.50 bits per heavy atom. The number of benzene rings is 1. The maximum absolute atomic E-state index is 12.2. The third kappa shape index (κ3) is 3.05. The highest BCUT2D eigenvalue weighted by atomic mass is 16.1. The second-order valence-electron chi connectivity index (χ2n) is 5.20. The number of aromatic nitrogens is 1. The van der Waals surface area contributed by atoms with Crippen molar-refractivity contribution in [2.45, 2.75) is 34.2 Å². The number of pyridine rings is 1. The van der Waals surface area contributed by atoms with E-state index in [-0.39, 0.29) is 5.91 Å². The van der Waals surface area contributed by atoms with Gasteiger partial charge in [-0.3, -0.25) is 4.79 Å². The molecule has 0 spiro atoms. The fourth-order valence-electron chi connectivity index (χ4n) is 2.15. The Bertz CT molecular complexity index is 592. The number of nitrogens with zero attached hydrogens (tertiary/aromatic N) is 1. The average Bonchev–Trinajstić information content (AvgIpc) is 2.40. The molecule has 2 rings (SSSR count). The molecule has 20 heavy (non-hydrogen) atoms. The van der Waals surface area contributed by atoms with E-state index in [1.54, 1.807) is 0 Å². The SMILES string of the molecule is Cc1cccc(NC(=O)C[n+]2cccc(C)c2C)c1C. The lowest BCUT2D eigenvalue weighted by atomic mass is 10.1. The summed E-state index contributed by atoms with van der Waals surface area (Å²) in [5.41, 5.74) is 5.49. The smallest absolute Gasteiger partial charge is 0.290 e. The van der Waals surface area contributed by atoms with Gasteiger partial charge in [-0.05, 0) is 44.0 Å². The number of amides is 1. The van der Waals surface area contributed by atoms with E-state index in [1.807, 2.05) is 55.8 Å². The lowest BCUT2D eigenvalue weighted by Gasteiger charge is -2.09. The number of aryl methyl sites for hydroxylation is 2. The van der Waals surface area contributed by atoms with Crippen LogP contribution in [0.5, 0.6) is 0 Å². The van der Waals surface area contributed by atoms with Crippen molar-refractivity contribution in [1.82, 2.24) is 0 Å². The molecule has 0 aliphatic heterocycles. The van der Waals surface area contributed by atoms with Crippen LogP contribution >= 0.6 is 0 Å². The molecule has 0 saturated carbocycles. The van der Waals surface area contributed by atoms with E-state index >= 15 is 0 Å². The minimum Gasteiger partial charge on any atom is -0.320 e. The molecule has 0 saturated heterocycles. The maximum atomic E-state index is 12.2. The van der Waals surface area contributed by atoms with Crippen LogP contribution in [0.2, 0.25) is 0 Å². The van der Waals surface area contributed by atoms with E-state index in [0.29, 0.717) is 6.54 Å². The minimum absolute atomic E-state index is 0.00241. The average molecular weight is 269 g/mol. The summed E-state index contributed by atoms with van der Waals surface area (Å²) >= 11 is 0. The van der Waals surface area contributed by atoms with Crippen LogP contribution in [0.3, 0.4) is 0 Å². The predicted octanol–water partition coefficient (Wildman–Crippen LogP) is 2.85. The number of carbonyl (C=O) groups is 1. The van der Waals surface area contributed by atoms with Gasteiger partial charge in [-0.25, -0.2) is 0 Å². The van der Waals surface area contributed by atoms with Gasteiger partial charge in [-0.2, -0.15) is 4.57 Å². The topological polar surface area (TPSA) is 33.0 Å². The highest BCUT2D eigenvalue weighted by Gasteiger charge is 2.14. The monoisotopic (exact) mass is 269 g/mol. The van der Waals surface area contributed by atoms with E-state index in [0.717, 1.165) is 16.9 Å². The van der Waals surface area contributed by atoms with Crippen LogP contribution in [-0.2, 0) is 11.3 Å². The Balaban J connectivity index is 2.13. The van der Waals surface area contributed by atoms with Crippen molar-refractivity contribution in [2.75, 3.05) is 5.32 Å². The minimum atomic E-state index is -0.00241. The van der Waals surface area contributed by atoms with E-state index in [2.05, 4.69) is 18.3 Å². The zero-order valence-electron chi connectivity index (χ0n) is 12.5. The lowest BCUT2D eigenvalue weighted by molar-refractivity contribution is -0.690. The molecule has 1 aromatic heterocycles. The van der Waals surface area contributed by atoms with Crippen LogP contribution in [0.1, 0.15) is 22.4 Å². The molecule has 0 radical (unpaired) electrons. The van der Waals surface area contributed by atoms with Crippen LogP contribution in [-0.4, -0.2) is 5.91 Å². The van der Waals surface area contributed by atoms with Gasteiger partial charge in [0, 0.05) is 24.2 Å². The molecule has 0 bridgehead atoms. The maximum Gasteiger partial charge on any atom is 0.290 e. The first kappa shape index (κ1) is 14.3. The Hall–Kier alpha value is -2.16. The third-order valence-corrected chi connectivity index (χ3v) is 3.81. The number of hydrogen-bond donors (Lipinski definition) is 1. The predicted molar refractivity (Wildman–Crippen MR) is 80.7 cm³/mol. The van der Waals surface area contributed by atoms with Crippen molar-refractivity contribution in [3.63, 3.8) is 0 Å². The van der Waals surface area contributed by atoms with Crippen LogP contribution in [0.15, 0.2) is 36.5 Å². The number of anilines is 1. The largest absolute Gasteiger partial charge is 0.320 e. The molecule has 1 aromatic carbocycles. The number of nitrogens with one attached hydrogen (secondary N) is 1. The summed E-state index contributed by atoms with van der Waals surface area (Å²) in [4.78, 5) is 12.2. The van der Waals surface area contributed by atoms with Crippen LogP contribution in [0.25, 0.3) is 0 Å². The van der Waals surface area contributed by atoms with Crippen molar-refractivity contribution in [3.8, 4) is 0 Å². The summed E-state index contributed by atoms with van der Waals surface area (Å²) in [6.45, 7) is 8.48. The van der Waals surface area contributed by atoms with Crippen molar-refractivity contribution >= 4 is 11.6 Å². The van der Waals surface area contributed by atoms with E-state index in [9.17, 15) is 4.79 Å². The molecule has 0 aliphatic rings. The van der Waals surface area contributed by atoms with Crippen molar-refractivity contribution in [2.24, 2.45) is 0 Å². The van der Waals surface area contributed by atoms with E-state index < -0.39 is 0 Å². The highest BCUT2D eigenvalue weighted by Crippen LogP contribution is 2.17. The number of rotatable bonds is 3. The van der Waals surface area contributed by atoms with E-state index in [1.165, 1.54) is 11.1 Å². The molecular formula is C17H21N2O+. The first-order valence-electron chi connectivity index (χ1n) is 6.81. The standard InChI is InChI=1S/C17H20N2O/c1-12-7-5-9-16(14(12)3)18-17(20)11-19-10-6-8-13(2)15(19)4/h5-10H,11H2,1-4H3/p+1. The van der Waals surface area contributed by atoms with Crippen LogP contribution < -0.4 is 9.88 Å². The molecule has 2 aromatic rings. The zero-order valence-corrected chi connectivity index (χ0v) is 12.5. The molecule has 0 atom stereocenters. The van der Waals surface area contributed by atoms with Crippen molar-refractivity contribution in [1.29, 1.82) is 0 Å². The van der Waals surface area contributed by atoms with Crippen molar-refractivity contribution < 1.29 is 9.36 Å². The Morgan fingerprint density at radius 2 is 1.75 bits per heavy atom. The Kier molecular flexibility index (Phi) is 4.18. The summed E-state index contributed by atoms with van der Waals surface area (Å²) in [7, 11) is 0. The van der Waals surface area contributed by atoms with Gasteiger partial charge in [-0.1, -0.05) is 12.1 Å². The summed E-state index contributed by atoms with van der Waals surface area (Å²) in [6.07, 6.45) is 1.94. The molecule has 3 heteroatoms. The number of carbonyl (C=O) groups excluding carboxylic acids is 1. The lowest BCUT2D eigenvalue weighted by Crippen LogP contribution is -2.43. The molecule has 0 fully saturated rings. The number of hydrogen-bond acceptors (Lipinski definition) is 1. The quantitative estimate of drug-likeness (QED) is 0.854. The van der Waals surface area contributed by atoms with Gasteiger partial charge >= 0.3 is 0 Å². The molecule has 104 valence electrons. The first-order chi connectivity index (χ1) is 9.49. The van der Waals surface area contributed by atoms with Crippen molar-refractivity contribution in [3.05, 3.63) is 58.9 Å². The molecule has 1 amide bonds. The Labute approximate surface area is 120 Å². The van der Waals surface area contributed by atoms with Gasteiger partial charge in [-0.15, -0.1) is 0 Å². The van der Waals surface area contributed by atoms with Crippen LogP contribution in [0.4, 0.5) is 5.69 Å². The summed E-state index contributed by atoms with van der Waals surface area (Å²) < 4.78 is 1.97. The molecule has 1 heterocycles. The highest BCUT2D eigenvalue weighted by molar-refractivity contribution is 5.90. The van der Waals surface area contributed by atoms with E-state index in [4.69, 9.17) is 0 Å². The fourth-order valence-corrected chi connectivity index (χ4v) is 2.15. The fraction of sp³-hybridized carbons (Fsp3) is 0.294. The van der Waals surface area contributed by atoms with Gasteiger partial charge < -0.3 is 5.32 Å². The van der Waals surface area contributed by atoms with Gasteiger partial charge in [0.25, 0.3) is 5.91 Å². The zero-order chi connectivity index (χ0) is 14.7. The second kappa shape index (κ2) is 5.87. The molecular weight excluding hydrogens is 248 g/mol. The summed E-state index contributed by atoms with van der Waals surface area (Å²) in [6, 6.07) is 9.96. The van der Waals surface area contributed by atoms with Crippen LogP contribution in [0, 0.1) is 27.7 Å². The third-order valence-electron chi connectivity index (χ3n) is 3.81. The first-order valence-corrected chi connectivity index (χ1v) is 6.81. The molecule has 0 aliphatic carbocycles. The second-order valence-corrected chi connectivity index (χ2v) is 5.20. The molecule has 0 unspecified atom stereocenters. The summed E-state index contributed by atoms with van der Waals surface area (Å²) in [5.74, 6) is -0.00241. The normalized spacial score (nSPS) is 10.4. The van der Waals surface area contributed by atoms with Gasteiger partial charge in [0.05, 0.1) is 0 Å². The van der Waals surface area contributed by atoms with Gasteiger partial charge in [0.15, 0.2) is 11.9 Å².